The fourth-order valence-electron chi connectivity index (χ4n) is 1.16. The maximum atomic E-state index is 11.3. The van der Waals surface area contributed by atoms with E-state index in [0.717, 1.165) is 5.56 Å². The topological polar surface area (TPSA) is 98.6 Å². The number of nitrogens with two attached hydrogens (primary N) is 2. The standard InChI is InChI=1S/C11H16N2O3/c1-7(13)11(15)16-10-6-8(4-5-12)2-3-9(10)14/h2-3,6-7,14H,4-5,12-13H2,1H3/t7-/m0/s1. The zero-order valence-corrected chi connectivity index (χ0v) is 9.14. The average Bonchev–Trinajstić information content (AvgIpc) is 2.23. The van der Waals surface area contributed by atoms with Crippen molar-refractivity contribution in [2.75, 3.05) is 6.54 Å². The van der Waals surface area contributed by atoms with Gasteiger partial charge in [0.1, 0.15) is 6.04 Å². The molecule has 5 heteroatoms. The highest BCUT2D eigenvalue weighted by molar-refractivity contribution is 5.78. The fourth-order valence-corrected chi connectivity index (χ4v) is 1.16. The molecule has 1 aromatic rings. The van der Waals surface area contributed by atoms with Crippen molar-refractivity contribution in [3.8, 4) is 11.5 Å². The normalized spacial score (nSPS) is 12.2. The van der Waals surface area contributed by atoms with Crippen LogP contribution in [0.3, 0.4) is 0 Å². The molecule has 88 valence electrons. The van der Waals surface area contributed by atoms with Crippen molar-refractivity contribution in [3.63, 3.8) is 0 Å². The van der Waals surface area contributed by atoms with Crippen molar-refractivity contribution in [3.05, 3.63) is 23.8 Å². The molecule has 0 saturated heterocycles. The fraction of sp³-hybridized carbons (Fsp3) is 0.364. The van der Waals surface area contributed by atoms with Gasteiger partial charge in [-0.3, -0.25) is 0 Å². The largest absolute Gasteiger partial charge is 0.504 e. The third-order valence-electron chi connectivity index (χ3n) is 2.04. The Balaban J connectivity index is 2.85. The molecule has 0 aliphatic carbocycles. The minimum atomic E-state index is -0.724. The Kier molecular flexibility index (Phi) is 4.28. The van der Waals surface area contributed by atoms with Gasteiger partial charge in [-0.2, -0.15) is 0 Å². The molecule has 0 spiro atoms. The molecule has 0 aliphatic heterocycles. The maximum absolute atomic E-state index is 11.3. The van der Waals surface area contributed by atoms with Gasteiger partial charge in [0.25, 0.3) is 0 Å². The number of benzene rings is 1. The van der Waals surface area contributed by atoms with Crippen LogP contribution in [-0.2, 0) is 11.2 Å². The second-order valence-electron chi connectivity index (χ2n) is 3.55. The zero-order chi connectivity index (χ0) is 12.1. The molecule has 16 heavy (non-hydrogen) atoms. The predicted molar refractivity (Wildman–Crippen MR) is 60.1 cm³/mol. The highest BCUT2D eigenvalue weighted by atomic mass is 16.5. The predicted octanol–water partition coefficient (Wildman–Crippen LogP) is 0.146. The van der Waals surface area contributed by atoms with Gasteiger partial charge < -0.3 is 21.3 Å². The summed E-state index contributed by atoms with van der Waals surface area (Å²) >= 11 is 0. The Morgan fingerprint density at radius 2 is 2.25 bits per heavy atom. The first-order chi connectivity index (χ1) is 7.54. The third-order valence-corrected chi connectivity index (χ3v) is 2.04. The second-order valence-corrected chi connectivity index (χ2v) is 3.55. The number of carbonyl (C=O) groups excluding carboxylic acids is 1. The first-order valence-corrected chi connectivity index (χ1v) is 5.04. The van der Waals surface area contributed by atoms with E-state index in [2.05, 4.69) is 0 Å². The number of phenolic OH excluding ortho intramolecular Hbond substituents is 1. The van der Waals surface area contributed by atoms with E-state index in [4.69, 9.17) is 16.2 Å². The molecule has 0 amide bonds. The lowest BCUT2D eigenvalue weighted by Gasteiger charge is -2.09. The number of phenols is 1. The molecule has 1 atom stereocenters. The Morgan fingerprint density at radius 3 is 2.81 bits per heavy atom. The molecule has 1 rings (SSSR count). The van der Waals surface area contributed by atoms with E-state index in [1.54, 1.807) is 12.1 Å². The summed E-state index contributed by atoms with van der Waals surface area (Å²) in [5.74, 6) is -0.553. The minimum absolute atomic E-state index is 0.0882. The van der Waals surface area contributed by atoms with E-state index < -0.39 is 12.0 Å². The van der Waals surface area contributed by atoms with Crippen LogP contribution in [0.5, 0.6) is 11.5 Å². The number of rotatable bonds is 4. The van der Waals surface area contributed by atoms with Gasteiger partial charge in [-0.05, 0) is 37.6 Å². The summed E-state index contributed by atoms with van der Waals surface area (Å²) in [6.07, 6.45) is 0.656. The maximum Gasteiger partial charge on any atom is 0.328 e. The Bertz CT molecular complexity index is 377. The number of aromatic hydroxyl groups is 1. The second kappa shape index (κ2) is 5.48. The van der Waals surface area contributed by atoms with Crippen molar-refractivity contribution in [2.45, 2.75) is 19.4 Å². The first-order valence-electron chi connectivity index (χ1n) is 5.04. The molecular weight excluding hydrogens is 208 g/mol. The molecule has 0 aliphatic rings. The quantitative estimate of drug-likeness (QED) is 0.499. The van der Waals surface area contributed by atoms with Crippen molar-refractivity contribution >= 4 is 5.97 Å². The summed E-state index contributed by atoms with van der Waals surface area (Å²) in [6.45, 7) is 2.01. The van der Waals surface area contributed by atoms with Crippen LogP contribution in [0.2, 0.25) is 0 Å². The molecule has 5 nitrogen and oxygen atoms in total. The molecule has 0 fully saturated rings. The van der Waals surface area contributed by atoms with E-state index in [1.807, 2.05) is 0 Å². The van der Waals surface area contributed by atoms with Crippen LogP contribution in [0.4, 0.5) is 0 Å². The van der Waals surface area contributed by atoms with Gasteiger partial charge in [-0.1, -0.05) is 6.07 Å². The summed E-state index contributed by atoms with van der Waals surface area (Å²) < 4.78 is 4.94. The van der Waals surface area contributed by atoms with E-state index in [-0.39, 0.29) is 11.5 Å². The molecule has 0 aromatic heterocycles. The molecule has 0 bridgehead atoms. The van der Waals surface area contributed by atoms with Gasteiger partial charge in [0.2, 0.25) is 0 Å². The van der Waals surface area contributed by atoms with Crippen LogP contribution in [-0.4, -0.2) is 23.7 Å². The highest BCUT2D eigenvalue weighted by Gasteiger charge is 2.13. The third kappa shape index (κ3) is 3.22. The number of esters is 1. The van der Waals surface area contributed by atoms with E-state index in [9.17, 15) is 9.90 Å². The van der Waals surface area contributed by atoms with E-state index >= 15 is 0 Å². The summed E-state index contributed by atoms with van der Waals surface area (Å²) in [5.41, 5.74) is 11.7. The van der Waals surface area contributed by atoms with Crippen LogP contribution in [0.15, 0.2) is 18.2 Å². The monoisotopic (exact) mass is 224 g/mol. The van der Waals surface area contributed by atoms with Gasteiger partial charge in [0, 0.05) is 0 Å². The van der Waals surface area contributed by atoms with Gasteiger partial charge in [-0.15, -0.1) is 0 Å². The summed E-state index contributed by atoms with van der Waals surface area (Å²) in [5, 5.41) is 9.48. The minimum Gasteiger partial charge on any atom is -0.504 e. The first kappa shape index (κ1) is 12.5. The van der Waals surface area contributed by atoms with Crippen LogP contribution < -0.4 is 16.2 Å². The number of hydrogen-bond donors (Lipinski definition) is 3. The lowest BCUT2D eigenvalue weighted by atomic mass is 10.1. The lowest BCUT2D eigenvalue weighted by molar-refractivity contribution is -0.135. The average molecular weight is 224 g/mol. The number of hydrogen-bond acceptors (Lipinski definition) is 5. The van der Waals surface area contributed by atoms with Gasteiger partial charge in [-0.25, -0.2) is 4.79 Å². The van der Waals surface area contributed by atoms with E-state index in [0.29, 0.717) is 13.0 Å². The van der Waals surface area contributed by atoms with Gasteiger partial charge >= 0.3 is 5.97 Å². The van der Waals surface area contributed by atoms with Crippen LogP contribution >= 0.6 is 0 Å². The lowest BCUT2D eigenvalue weighted by Crippen LogP contribution is -2.30. The SMILES string of the molecule is C[C@H](N)C(=O)Oc1cc(CCN)ccc1O. The number of carbonyl (C=O) groups is 1. The van der Waals surface area contributed by atoms with Crippen LogP contribution in [0.25, 0.3) is 0 Å². The molecule has 1 aromatic carbocycles. The van der Waals surface area contributed by atoms with Gasteiger partial charge in [0.15, 0.2) is 11.5 Å². The summed E-state index contributed by atoms with van der Waals surface area (Å²) in [4.78, 5) is 11.3. The number of ether oxygens (including phenoxy) is 1. The molecule has 0 radical (unpaired) electrons. The van der Waals surface area contributed by atoms with Crippen molar-refractivity contribution in [1.29, 1.82) is 0 Å². The van der Waals surface area contributed by atoms with E-state index in [1.165, 1.54) is 13.0 Å². The summed E-state index contributed by atoms with van der Waals surface area (Å²) in [6, 6.07) is 4.06. The summed E-state index contributed by atoms with van der Waals surface area (Å²) in [7, 11) is 0. The van der Waals surface area contributed by atoms with Gasteiger partial charge in [0.05, 0.1) is 0 Å². The molecule has 0 saturated carbocycles. The Hall–Kier alpha value is -1.59. The molecular formula is C11H16N2O3. The molecule has 0 heterocycles. The van der Waals surface area contributed by atoms with Crippen molar-refractivity contribution in [2.24, 2.45) is 11.5 Å². The Labute approximate surface area is 94.0 Å². The molecule has 0 unspecified atom stereocenters. The van der Waals surface area contributed by atoms with Crippen molar-refractivity contribution < 1.29 is 14.6 Å². The Morgan fingerprint density at radius 1 is 1.56 bits per heavy atom. The zero-order valence-electron chi connectivity index (χ0n) is 9.14. The molecule has 5 N–H and O–H groups in total. The highest BCUT2D eigenvalue weighted by Crippen LogP contribution is 2.27. The van der Waals surface area contributed by atoms with Crippen LogP contribution in [0.1, 0.15) is 12.5 Å². The van der Waals surface area contributed by atoms with Crippen LogP contribution in [0, 0.1) is 0 Å². The smallest absolute Gasteiger partial charge is 0.328 e. The van der Waals surface area contributed by atoms with Crippen molar-refractivity contribution in [1.82, 2.24) is 0 Å².